The minimum atomic E-state index is -1.14. The van der Waals surface area contributed by atoms with E-state index in [2.05, 4.69) is 5.32 Å². The third kappa shape index (κ3) is 3.93. The first-order valence-corrected chi connectivity index (χ1v) is 8.63. The molecule has 0 radical (unpaired) electrons. The lowest BCUT2D eigenvalue weighted by atomic mass is 9.96. The molecule has 0 aliphatic carbocycles. The van der Waals surface area contributed by atoms with Crippen LogP contribution in [0.25, 0.3) is 6.08 Å². The van der Waals surface area contributed by atoms with Crippen molar-refractivity contribution in [2.24, 2.45) is 0 Å². The monoisotopic (exact) mass is 382 g/mol. The zero-order chi connectivity index (χ0) is 20.3. The predicted octanol–water partition coefficient (Wildman–Crippen LogP) is 3.15. The molecular formula is C21H19FN2O4. The van der Waals surface area contributed by atoms with Crippen LogP contribution < -0.4 is 10.2 Å². The summed E-state index contributed by atoms with van der Waals surface area (Å²) in [6.45, 7) is 2.70. The summed E-state index contributed by atoms with van der Waals surface area (Å²) in [7, 11) is 0. The van der Waals surface area contributed by atoms with Crippen LogP contribution in [0.15, 0.2) is 54.6 Å². The number of para-hydroxylation sites is 2. The maximum absolute atomic E-state index is 13.1. The number of halogens is 1. The van der Waals surface area contributed by atoms with Crippen LogP contribution in [0.2, 0.25) is 0 Å². The Hall–Kier alpha value is -3.48. The highest BCUT2D eigenvalue weighted by molar-refractivity contribution is 6.14. The summed E-state index contributed by atoms with van der Waals surface area (Å²) >= 11 is 0. The molecular weight excluding hydrogens is 363 g/mol. The van der Waals surface area contributed by atoms with E-state index in [1.165, 1.54) is 29.2 Å². The van der Waals surface area contributed by atoms with Crippen LogP contribution in [-0.4, -0.2) is 29.9 Å². The van der Waals surface area contributed by atoms with Crippen LogP contribution in [0.5, 0.6) is 0 Å². The van der Waals surface area contributed by atoms with E-state index in [0.717, 1.165) is 6.08 Å². The number of esters is 1. The molecule has 0 aromatic heterocycles. The van der Waals surface area contributed by atoms with Gasteiger partial charge in [0.15, 0.2) is 6.61 Å². The first kappa shape index (κ1) is 19.3. The van der Waals surface area contributed by atoms with Gasteiger partial charge in [-0.15, -0.1) is 0 Å². The molecule has 6 nitrogen and oxygen atoms in total. The molecule has 0 saturated heterocycles. The molecule has 0 saturated carbocycles. The molecule has 1 aliphatic rings. The number of benzene rings is 2. The van der Waals surface area contributed by atoms with E-state index in [-0.39, 0.29) is 5.91 Å². The van der Waals surface area contributed by atoms with Gasteiger partial charge in [-0.25, -0.2) is 9.18 Å². The Labute approximate surface area is 161 Å². The van der Waals surface area contributed by atoms with Gasteiger partial charge >= 0.3 is 5.97 Å². The van der Waals surface area contributed by atoms with Crippen LogP contribution in [-0.2, 0) is 19.1 Å². The lowest BCUT2D eigenvalue weighted by Gasteiger charge is -2.41. The summed E-state index contributed by atoms with van der Waals surface area (Å²) in [4.78, 5) is 38.3. The van der Waals surface area contributed by atoms with Gasteiger partial charge < -0.3 is 10.1 Å². The van der Waals surface area contributed by atoms with E-state index < -0.39 is 29.8 Å². The maximum atomic E-state index is 13.1. The minimum Gasteiger partial charge on any atom is -0.452 e. The van der Waals surface area contributed by atoms with Crippen molar-refractivity contribution in [1.29, 1.82) is 0 Å². The largest absolute Gasteiger partial charge is 0.452 e. The van der Waals surface area contributed by atoms with Gasteiger partial charge in [0.05, 0.1) is 11.4 Å². The van der Waals surface area contributed by atoms with Crippen LogP contribution in [0.1, 0.15) is 19.4 Å². The van der Waals surface area contributed by atoms with Crippen molar-refractivity contribution < 1.29 is 23.5 Å². The van der Waals surface area contributed by atoms with Crippen molar-refractivity contribution in [3.05, 3.63) is 66.0 Å². The van der Waals surface area contributed by atoms with Crippen molar-refractivity contribution >= 4 is 35.2 Å². The van der Waals surface area contributed by atoms with Gasteiger partial charge in [0, 0.05) is 6.08 Å². The van der Waals surface area contributed by atoms with E-state index in [0.29, 0.717) is 16.9 Å². The summed E-state index contributed by atoms with van der Waals surface area (Å²) < 4.78 is 18.2. The molecule has 1 heterocycles. The summed E-state index contributed by atoms with van der Waals surface area (Å²) in [6, 6.07) is 12.6. The number of nitrogens with one attached hydrogen (secondary N) is 1. The highest BCUT2D eigenvalue weighted by Gasteiger charge is 2.43. The molecule has 0 fully saturated rings. The van der Waals surface area contributed by atoms with Crippen molar-refractivity contribution in [2.75, 3.05) is 16.8 Å². The second kappa shape index (κ2) is 7.64. The topological polar surface area (TPSA) is 75.7 Å². The summed E-state index contributed by atoms with van der Waals surface area (Å²) in [5.41, 5.74) is 0.391. The molecule has 1 N–H and O–H groups in total. The van der Waals surface area contributed by atoms with E-state index in [1.54, 1.807) is 44.2 Å². The Kier molecular flexibility index (Phi) is 5.26. The minimum absolute atomic E-state index is 0.336. The van der Waals surface area contributed by atoms with Crippen LogP contribution >= 0.6 is 0 Å². The Balaban J connectivity index is 1.70. The van der Waals surface area contributed by atoms with Crippen molar-refractivity contribution in [1.82, 2.24) is 0 Å². The Morgan fingerprint density at radius 3 is 2.68 bits per heavy atom. The SMILES string of the molecule is CC1(C)C(=O)Nc2ccccc2N1C(=O)COC(=O)/C=C/c1cccc(F)c1. The molecule has 0 spiro atoms. The fourth-order valence-electron chi connectivity index (χ4n) is 2.92. The predicted molar refractivity (Wildman–Crippen MR) is 103 cm³/mol. The van der Waals surface area contributed by atoms with Gasteiger partial charge in [-0.1, -0.05) is 24.3 Å². The van der Waals surface area contributed by atoms with Gasteiger partial charge in [0.2, 0.25) is 5.91 Å². The highest BCUT2D eigenvalue weighted by atomic mass is 19.1. The normalized spacial score (nSPS) is 15.1. The average Bonchev–Trinajstić information content (AvgIpc) is 2.65. The first-order chi connectivity index (χ1) is 13.3. The van der Waals surface area contributed by atoms with E-state index in [9.17, 15) is 18.8 Å². The molecule has 0 atom stereocenters. The van der Waals surface area contributed by atoms with E-state index in [1.807, 2.05) is 0 Å². The number of hydrogen-bond donors (Lipinski definition) is 1. The van der Waals surface area contributed by atoms with Crippen molar-refractivity contribution in [3.8, 4) is 0 Å². The number of ether oxygens (including phenoxy) is 1. The van der Waals surface area contributed by atoms with Crippen molar-refractivity contribution in [2.45, 2.75) is 19.4 Å². The number of amides is 2. The molecule has 2 amide bonds. The van der Waals surface area contributed by atoms with Crippen LogP contribution in [0.4, 0.5) is 15.8 Å². The number of carbonyl (C=O) groups excluding carboxylic acids is 3. The van der Waals surface area contributed by atoms with E-state index >= 15 is 0 Å². The second-order valence-electron chi connectivity index (χ2n) is 6.76. The number of hydrogen-bond acceptors (Lipinski definition) is 4. The number of nitrogens with zero attached hydrogens (tertiary/aromatic N) is 1. The van der Waals surface area contributed by atoms with Crippen molar-refractivity contribution in [3.63, 3.8) is 0 Å². The fraction of sp³-hybridized carbons (Fsp3) is 0.190. The van der Waals surface area contributed by atoms with Gasteiger partial charge in [0.25, 0.3) is 5.91 Å². The van der Waals surface area contributed by atoms with Crippen LogP contribution in [0, 0.1) is 5.82 Å². The molecule has 144 valence electrons. The second-order valence-corrected chi connectivity index (χ2v) is 6.76. The average molecular weight is 382 g/mol. The Bertz CT molecular complexity index is 968. The van der Waals surface area contributed by atoms with Gasteiger partial charge in [-0.2, -0.15) is 0 Å². The smallest absolute Gasteiger partial charge is 0.331 e. The lowest BCUT2D eigenvalue weighted by molar-refractivity contribution is -0.143. The summed E-state index contributed by atoms with van der Waals surface area (Å²) in [5.74, 6) is -2.03. The Morgan fingerprint density at radius 1 is 1.18 bits per heavy atom. The zero-order valence-corrected chi connectivity index (χ0v) is 15.4. The summed E-state index contributed by atoms with van der Waals surface area (Å²) in [5, 5.41) is 2.76. The maximum Gasteiger partial charge on any atom is 0.331 e. The molecule has 2 aromatic rings. The third-order valence-electron chi connectivity index (χ3n) is 4.36. The number of carbonyl (C=O) groups is 3. The highest BCUT2D eigenvalue weighted by Crippen LogP contribution is 2.36. The van der Waals surface area contributed by atoms with Gasteiger partial charge in [0.1, 0.15) is 11.4 Å². The Morgan fingerprint density at radius 2 is 1.93 bits per heavy atom. The zero-order valence-electron chi connectivity index (χ0n) is 15.4. The van der Waals surface area contributed by atoms with E-state index in [4.69, 9.17) is 4.74 Å². The molecule has 0 bridgehead atoms. The number of fused-ring (bicyclic) bond motifs is 1. The molecule has 28 heavy (non-hydrogen) atoms. The number of rotatable bonds is 4. The molecule has 2 aromatic carbocycles. The van der Waals surface area contributed by atoms with Gasteiger partial charge in [-0.05, 0) is 49.8 Å². The molecule has 1 aliphatic heterocycles. The van der Waals surface area contributed by atoms with Gasteiger partial charge in [-0.3, -0.25) is 14.5 Å². The first-order valence-electron chi connectivity index (χ1n) is 8.63. The summed E-state index contributed by atoms with van der Waals surface area (Å²) in [6.07, 6.45) is 2.51. The molecule has 0 unspecified atom stereocenters. The number of anilines is 2. The lowest BCUT2D eigenvalue weighted by Crippen LogP contribution is -2.59. The fourth-order valence-corrected chi connectivity index (χ4v) is 2.92. The molecule has 3 rings (SSSR count). The van der Waals surface area contributed by atoms with Crippen LogP contribution in [0.3, 0.4) is 0 Å². The molecule has 7 heteroatoms. The standard InChI is InChI=1S/C21H19FN2O4/c1-21(2)20(27)23-16-8-3-4-9-17(16)24(21)18(25)13-28-19(26)11-10-14-6-5-7-15(22)12-14/h3-12H,13H2,1-2H3,(H,23,27)/b11-10+. The quantitative estimate of drug-likeness (QED) is 0.651. The third-order valence-corrected chi connectivity index (χ3v) is 4.36.